The average molecular weight is 401 g/mol. The number of anilines is 1. The highest BCUT2D eigenvalue weighted by molar-refractivity contribution is 6.00. The van der Waals surface area contributed by atoms with Gasteiger partial charge >= 0.3 is 6.36 Å². The van der Waals surface area contributed by atoms with Crippen LogP contribution < -0.4 is 9.64 Å². The summed E-state index contributed by atoms with van der Waals surface area (Å²) >= 11 is 0. The summed E-state index contributed by atoms with van der Waals surface area (Å²) < 4.78 is 45.8. The zero-order valence-corrected chi connectivity index (χ0v) is 15.9. The number of carbonyl (C=O) groups excluding carboxylic acids is 1. The molecule has 2 fully saturated rings. The lowest BCUT2D eigenvalue weighted by Gasteiger charge is -2.41. The lowest BCUT2D eigenvalue weighted by molar-refractivity contribution is -0.274. The van der Waals surface area contributed by atoms with E-state index in [2.05, 4.69) is 4.74 Å². The molecule has 0 unspecified atom stereocenters. The highest BCUT2D eigenvalue weighted by atomic mass is 19.4. The standard InChI is InChI=1S/C20H26F3NO4/c1-27-14-2-7-19(26)10-8-18(9-11-19)12-13-24(17(18)25)15-3-5-16(6-4-15)28-20(21,22)23/h3-6,26H,2,7-14H2,1H3/t18-,19+. The molecule has 1 aliphatic heterocycles. The van der Waals surface area contributed by atoms with E-state index in [1.54, 1.807) is 12.0 Å². The Morgan fingerprint density at radius 1 is 1.11 bits per heavy atom. The van der Waals surface area contributed by atoms with E-state index in [9.17, 15) is 23.1 Å². The number of ether oxygens (including phenoxy) is 2. The van der Waals surface area contributed by atoms with Crippen molar-refractivity contribution < 1.29 is 32.5 Å². The number of alkyl halides is 3. The van der Waals surface area contributed by atoms with Gasteiger partial charge in [0, 0.05) is 25.9 Å². The molecule has 1 saturated carbocycles. The molecule has 1 saturated heterocycles. The number of methoxy groups -OCH3 is 1. The highest BCUT2D eigenvalue weighted by Crippen LogP contribution is 2.49. The molecular formula is C20H26F3NO4. The third kappa shape index (κ3) is 4.60. The molecule has 5 nitrogen and oxygen atoms in total. The first-order chi connectivity index (χ1) is 13.2. The maximum atomic E-state index is 13.1. The van der Waals surface area contributed by atoms with Crippen LogP contribution in [0.5, 0.6) is 5.75 Å². The van der Waals surface area contributed by atoms with Crippen LogP contribution in [0.15, 0.2) is 24.3 Å². The Morgan fingerprint density at radius 3 is 2.32 bits per heavy atom. The van der Waals surface area contributed by atoms with Gasteiger partial charge in [0.15, 0.2) is 0 Å². The Kier molecular flexibility index (Phi) is 5.91. The number of benzene rings is 1. The lowest BCUT2D eigenvalue weighted by Crippen LogP contribution is -2.43. The number of nitrogens with zero attached hydrogens (tertiary/aromatic N) is 1. The first-order valence-electron chi connectivity index (χ1n) is 9.56. The van der Waals surface area contributed by atoms with Gasteiger partial charge in [-0.25, -0.2) is 0 Å². The summed E-state index contributed by atoms with van der Waals surface area (Å²) in [6.45, 7) is 1.13. The zero-order chi connectivity index (χ0) is 20.4. The van der Waals surface area contributed by atoms with Gasteiger partial charge in [0.05, 0.1) is 11.0 Å². The second-order valence-corrected chi connectivity index (χ2v) is 7.85. The third-order valence-corrected chi connectivity index (χ3v) is 6.02. The SMILES string of the molecule is COCCC[C@]1(O)CC[C@]2(CCN(c3ccc(OC(F)(F)F)cc3)C2=O)CC1. The molecule has 156 valence electrons. The molecule has 0 atom stereocenters. The molecule has 0 bridgehead atoms. The summed E-state index contributed by atoms with van der Waals surface area (Å²) in [5, 5.41) is 10.7. The van der Waals surface area contributed by atoms with E-state index in [0.717, 1.165) is 6.42 Å². The fourth-order valence-electron chi connectivity index (χ4n) is 4.35. The van der Waals surface area contributed by atoms with Crippen LogP contribution in [0.4, 0.5) is 18.9 Å². The minimum Gasteiger partial charge on any atom is -0.406 e. The van der Waals surface area contributed by atoms with Gasteiger partial charge in [-0.1, -0.05) is 0 Å². The van der Waals surface area contributed by atoms with Crippen LogP contribution in [0, 0.1) is 5.41 Å². The molecular weight excluding hydrogens is 375 g/mol. The first-order valence-corrected chi connectivity index (χ1v) is 9.56. The average Bonchev–Trinajstić information content (AvgIpc) is 2.95. The second kappa shape index (κ2) is 7.91. The lowest BCUT2D eigenvalue weighted by atomic mass is 9.66. The van der Waals surface area contributed by atoms with Crippen molar-refractivity contribution in [3.63, 3.8) is 0 Å². The largest absolute Gasteiger partial charge is 0.573 e. The van der Waals surface area contributed by atoms with Crippen molar-refractivity contribution in [1.29, 1.82) is 0 Å². The van der Waals surface area contributed by atoms with Crippen molar-refractivity contribution in [2.75, 3.05) is 25.2 Å². The molecule has 1 N–H and O–H groups in total. The van der Waals surface area contributed by atoms with E-state index in [1.165, 1.54) is 24.3 Å². The van der Waals surface area contributed by atoms with E-state index in [1.807, 2.05) is 0 Å². The van der Waals surface area contributed by atoms with Crippen molar-refractivity contribution in [2.24, 2.45) is 5.41 Å². The van der Waals surface area contributed by atoms with Gasteiger partial charge in [-0.3, -0.25) is 4.79 Å². The van der Waals surface area contributed by atoms with Crippen LogP contribution in [0.1, 0.15) is 44.9 Å². The Labute approximate surface area is 162 Å². The van der Waals surface area contributed by atoms with E-state index in [4.69, 9.17) is 4.74 Å². The third-order valence-electron chi connectivity index (χ3n) is 6.02. The first kappa shape index (κ1) is 20.9. The predicted octanol–water partition coefficient (Wildman–Crippen LogP) is 4.04. The summed E-state index contributed by atoms with van der Waals surface area (Å²) in [6, 6.07) is 5.39. The van der Waals surface area contributed by atoms with Gasteiger partial charge in [0.1, 0.15) is 5.75 Å². The molecule has 0 aromatic heterocycles. The van der Waals surface area contributed by atoms with Crippen molar-refractivity contribution in [3.8, 4) is 5.75 Å². The number of rotatable bonds is 6. The smallest absolute Gasteiger partial charge is 0.406 e. The Bertz CT molecular complexity index is 682. The van der Waals surface area contributed by atoms with Crippen LogP contribution in [-0.4, -0.2) is 43.2 Å². The maximum Gasteiger partial charge on any atom is 0.573 e. The molecule has 0 radical (unpaired) electrons. The van der Waals surface area contributed by atoms with Crippen LogP contribution in [0.2, 0.25) is 0 Å². The fraction of sp³-hybridized carbons (Fsp3) is 0.650. The molecule has 1 amide bonds. The van der Waals surface area contributed by atoms with Crippen molar-refractivity contribution in [1.82, 2.24) is 0 Å². The van der Waals surface area contributed by atoms with Gasteiger partial charge in [-0.15, -0.1) is 13.2 Å². The number of hydrogen-bond acceptors (Lipinski definition) is 4. The summed E-state index contributed by atoms with van der Waals surface area (Å²) in [5.74, 6) is -0.313. The van der Waals surface area contributed by atoms with Gasteiger partial charge < -0.3 is 19.5 Å². The minimum atomic E-state index is -4.74. The van der Waals surface area contributed by atoms with E-state index >= 15 is 0 Å². The van der Waals surface area contributed by atoms with Crippen molar-refractivity contribution in [2.45, 2.75) is 56.9 Å². The Hall–Kier alpha value is -1.80. The summed E-state index contributed by atoms with van der Waals surface area (Å²) in [6.07, 6.45) is -0.189. The summed E-state index contributed by atoms with van der Waals surface area (Å²) in [5.41, 5.74) is -0.653. The number of hydrogen-bond donors (Lipinski definition) is 1. The van der Waals surface area contributed by atoms with Gasteiger partial charge in [0.2, 0.25) is 5.91 Å². The van der Waals surface area contributed by atoms with Crippen LogP contribution in [0.25, 0.3) is 0 Å². The molecule has 28 heavy (non-hydrogen) atoms. The van der Waals surface area contributed by atoms with Crippen LogP contribution >= 0.6 is 0 Å². The molecule has 8 heteroatoms. The number of aliphatic hydroxyl groups is 1. The topological polar surface area (TPSA) is 59.0 Å². The highest BCUT2D eigenvalue weighted by Gasteiger charge is 2.51. The van der Waals surface area contributed by atoms with E-state index < -0.39 is 17.4 Å². The summed E-state index contributed by atoms with van der Waals surface area (Å²) in [7, 11) is 1.63. The van der Waals surface area contributed by atoms with Gasteiger partial charge in [0.25, 0.3) is 0 Å². The predicted molar refractivity (Wildman–Crippen MR) is 97.1 cm³/mol. The van der Waals surface area contributed by atoms with E-state index in [0.29, 0.717) is 57.4 Å². The Morgan fingerprint density at radius 2 is 1.75 bits per heavy atom. The van der Waals surface area contributed by atoms with Crippen LogP contribution in [0.3, 0.4) is 0 Å². The molecule has 3 rings (SSSR count). The fourth-order valence-corrected chi connectivity index (χ4v) is 4.35. The maximum absolute atomic E-state index is 13.1. The van der Waals surface area contributed by atoms with Gasteiger partial charge in [-0.2, -0.15) is 0 Å². The number of halogens is 3. The number of carbonyl (C=O) groups is 1. The van der Waals surface area contributed by atoms with Crippen LogP contribution in [-0.2, 0) is 9.53 Å². The monoisotopic (exact) mass is 401 g/mol. The van der Waals surface area contributed by atoms with Crippen molar-refractivity contribution in [3.05, 3.63) is 24.3 Å². The van der Waals surface area contributed by atoms with Crippen molar-refractivity contribution >= 4 is 11.6 Å². The second-order valence-electron chi connectivity index (χ2n) is 7.85. The van der Waals surface area contributed by atoms with E-state index in [-0.39, 0.29) is 11.7 Å². The molecule has 1 aromatic rings. The minimum absolute atomic E-state index is 0.00377. The quantitative estimate of drug-likeness (QED) is 0.731. The van der Waals surface area contributed by atoms with Gasteiger partial charge in [-0.05, 0) is 69.2 Å². The molecule has 1 aliphatic carbocycles. The summed E-state index contributed by atoms with van der Waals surface area (Å²) in [4.78, 5) is 14.7. The molecule has 1 aromatic carbocycles. The number of amides is 1. The molecule has 1 spiro atoms. The molecule has 1 heterocycles. The zero-order valence-electron chi connectivity index (χ0n) is 15.9. The normalized spacial score (nSPS) is 28.2. The molecule has 2 aliphatic rings. The Balaban J connectivity index is 1.62.